The molecule has 2 aromatic rings. The zero-order chi connectivity index (χ0) is 22.4. The Hall–Kier alpha value is -2.42. The lowest BCUT2D eigenvalue weighted by Gasteiger charge is -2.33. The van der Waals surface area contributed by atoms with Crippen LogP contribution >= 0.6 is 0 Å². The van der Waals surface area contributed by atoms with Crippen LogP contribution in [0.1, 0.15) is 46.8 Å². The molecule has 0 aliphatic heterocycles. The molecule has 0 saturated carbocycles. The lowest BCUT2D eigenvalue weighted by molar-refractivity contribution is -0.376. The van der Waals surface area contributed by atoms with Crippen molar-refractivity contribution in [3.8, 4) is 11.1 Å². The number of benzene rings is 2. The van der Waals surface area contributed by atoms with E-state index in [0.717, 1.165) is 12.1 Å². The van der Waals surface area contributed by atoms with Crippen LogP contribution in [0.15, 0.2) is 30.3 Å². The summed E-state index contributed by atoms with van der Waals surface area (Å²) in [6.07, 6.45) is -11.7. The number of hydrogen-bond donors (Lipinski definition) is 1. The first-order valence-corrected chi connectivity index (χ1v) is 8.41. The molecule has 0 bridgehead atoms. The van der Waals surface area contributed by atoms with E-state index in [9.17, 15) is 40.6 Å². The van der Waals surface area contributed by atoms with Crippen molar-refractivity contribution in [3.63, 3.8) is 0 Å². The van der Waals surface area contributed by atoms with Crippen LogP contribution in [0.5, 0.6) is 0 Å². The van der Waals surface area contributed by atoms with Crippen LogP contribution in [0, 0.1) is 12.7 Å². The molecule has 0 aliphatic carbocycles. The van der Waals surface area contributed by atoms with E-state index >= 15 is 0 Å². The molecule has 2 nitrogen and oxygen atoms in total. The van der Waals surface area contributed by atoms with Crippen LogP contribution in [0.3, 0.4) is 0 Å². The lowest BCUT2D eigenvalue weighted by atomic mass is 9.85. The van der Waals surface area contributed by atoms with Gasteiger partial charge in [-0.2, -0.15) is 26.3 Å². The fraction of sp³-hybridized carbons (Fsp3) is 0.350. The Morgan fingerprint density at radius 2 is 1.48 bits per heavy atom. The summed E-state index contributed by atoms with van der Waals surface area (Å²) in [5.74, 6) is -1.09. The van der Waals surface area contributed by atoms with E-state index in [1.807, 2.05) is 0 Å². The summed E-state index contributed by atoms with van der Waals surface area (Å²) in [7, 11) is 0. The van der Waals surface area contributed by atoms with Gasteiger partial charge in [0.25, 0.3) is 5.60 Å². The van der Waals surface area contributed by atoms with Crippen LogP contribution < -0.4 is 0 Å². The minimum Gasteiger partial charge on any atom is -0.369 e. The van der Waals surface area contributed by atoms with E-state index < -0.39 is 29.3 Å². The molecule has 158 valence electrons. The van der Waals surface area contributed by atoms with E-state index in [1.54, 1.807) is 13.8 Å². The predicted molar refractivity (Wildman–Crippen MR) is 92.1 cm³/mol. The van der Waals surface area contributed by atoms with Gasteiger partial charge in [-0.15, -0.1) is 0 Å². The highest BCUT2D eigenvalue weighted by molar-refractivity contribution is 5.80. The first-order chi connectivity index (χ1) is 13.1. The summed E-state index contributed by atoms with van der Waals surface area (Å²) in [6, 6.07) is 4.36. The van der Waals surface area contributed by atoms with Crippen LogP contribution in [-0.4, -0.2) is 23.7 Å². The van der Waals surface area contributed by atoms with E-state index in [2.05, 4.69) is 0 Å². The standard InChI is InChI=1S/C20H17F7O2/c1-10(2)15-7-12(9-28)17(21)8-16(15)14-5-4-13(6-11(14)3)18(29,19(22,23)24)20(25,26)27/h4-10,29H,1-3H3. The second-order valence-corrected chi connectivity index (χ2v) is 6.97. The Bertz CT molecular complexity index is 914. The SMILES string of the molecule is Cc1cc(C(O)(C(F)(F)F)C(F)(F)F)ccc1-c1cc(F)c(C=O)cc1C(C)C. The van der Waals surface area contributed by atoms with Crippen molar-refractivity contribution in [1.29, 1.82) is 0 Å². The number of halogens is 7. The zero-order valence-corrected chi connectivity index (χ0v) is 15.5. The molecule has 0 radical (unpaired) electrons. The van der Waals surface area contributed by atoms with Gasteiger partial charge >= 0.3 is 12.4 Å². The quantitative estimate of drug-likeness (QED) is 0.481. The molecule has 0 unspecified atom stereocenters. The molecule has 2 rings (SSSR count). The third kappa shape index (κ3) is 3.88. The van der Waals surface area contributed by atoms with E-state index in [-0.39, 0.29) is 28.2 Å². The van der Waals surface area contributed by atoms with Crippen LogP contribution in [-0.2, 0) is 5.60 Å². The maximum absolute atomic E-state index is 14.1. The van der Waals surface area contributed by atoms with Crippen molar-refractivity contribution in [2.24, 2.45) is 0 Å². The predicted octanol–water partition coefficient (Wildman–Crippen LogP) is 6.05. The van der Waals surface area contributed by atoms with Crippen LogP contribution in [0.4, 0.5) is 30.7 Å². The van der Waals surface area contributed by atoms with Gasteiger partial charge in [-0.25, -0.2) is 4.39 Å². The van der Waals surface area contributed by atoms with Gasteiger partial charge in [0.1, 0.15) is 5.82 Å². The summed E-state index contributed by atoms with van der Waals surface area (Å²) in [5, 5.41) is 9.55. The molecule has 0 heterocycles. The van der Waals surface area contributed by atoms with Crippen molar-refractivity contribution >= 4 is 6.29 Å². The Kier molecular flexibility index (Phi) is 5.87. The largest absolute Gasteiger partial charge is 0.430 e. The molecular weight excluding hydrogens is 405 g/mol. The van der Waals surface area contributed by atoms with Gasteiger partial charge in [-0.05, 0) is 47.2 Å². The summed E-state index contributed by atoms with van der Waals surface area (Å²) in [6.45, 7) is 4.73. The number of aryl methyl sites for hydroxylation is 1. The summed E-state index contributed by atoms with van der Waals surface area (Å²) in [4.78, 5) is 11.0. The number of alkyl halides is 6. The number of rotatable bonds is 4. The first kappa shape index (κ1) is 22.9. The highest BCUT2D eigenvalue weighted by Gasteiger charge is 2.71. The highest BCUT2D eigenvalue weighted by atomic mass is 19.4. The van der Waals surface area contributed by atoms with E-state index in [0.29, 0.717) is 24.0 Å². The number of carbonyl (C=O) groups is 1. The lowest BCUT2D eigenvalue weighted by Crippen LogP contribution is -2.53. The second kappa shape index (κ2) is 7.44. The summed E-state index contributed by atoms with van der Waals surface area (Å²) < 4.78 is 92.7. The van der Waals surface area contributed by atoms with Crippen molar-refractivity contribution < 1.29 is 40.6 Å². The molecule has 0 aromatic heterocycles. The van der Waals surface area contributed by atoms with Gasteiger partial charge in [-0.1, -0.05) is 32.0 Å². The third-order valence-electron chi connectivity index (χ3n) is 4.67. The summed E-state index contributed by atoms with van der Waals surface area (Å²) >= 11 is 0. The smallest absolute Gasteiger partial charge is 0.369 e. The molecule has 2 aromatic carbocycles. The normalized spacial score (nSPS) is 13.1. The average Bonchev–Trinajstić information content (AvgIpc) is 2.58. The molecule has 0 spiro atoms. The van der Waals surface area contributed by atoms with E-state index in [4.69, 9.17) is 0 Å². The maximum Gasteiger partial charge on any atom is 0.430 e. The second-order valence-electron chi connectivity index (χ2n) is 6.97. The molecule has 0 fully saturated rings. The number of carbonyl (C=O) groups excluding carboxylic acids is 1. The Morgan fingerprint density at radius 1 is 0.931 bits per heavy atom. The third-order valence-corrected chi connectivity index (χ3v) is 4.67. The molecule has 1 N–H and O–H groups in total. The Balaban J connectivity index is 2.73. The van der Waals surface area contributed by atoms with E-state index in [1.165, 1.54) is 13.0 Å². The minimum atomic E-state index is -6.00. The van der Waals surface area contributed by atoms with Gasteiger partial charge in [0.15, 0.2) is 6.29 Å². The molecular formula is C20H17F7O2. The van der Waals surface area contributed by atoms with Gasteiger partial charge in [0.2, 0.25) is 0 Å². The maximum atomic E-state index is 14.1. The fourth-order valence-corrected chi connectivity index (χ4v) is 3.09. The van der Waals surface area contributed by atoms with Crippen LogP contribution in [0.2, 0.25) is 0 Å². The Morgan fingerprint density at radius 3 is 1.90 bits per heavy atom. The monoisotopic (exact) mass is 422 g/mol. The molecule has 0 aliphatic rings. The minimum absolute atomic E-state index is 0.0328. The molecule has 9 heteroatoms. The zero-order valence-electron chi connectivity index (χ0n) is 15.5. The molecule has 0 atom stereocenters. The summed E-state index contributed by atoms with van der Waals surface area (Å²) in [5.41, 5.74) is -5.78. The van der Waals surface area contributed by atoms with Gasteiger partial charge in [-0.3, -0.25) is 4.79 Å². The highest BCUT2D eigenvalue weighted by Crippen LogP contribution is 2.50. The van der Waals surface area contributed by atoms with Crippen LogP contribution in [0.25, 0.3) is 11.1 Å². The Labute approximate surface area is 162 Å². The molecule has 0 saturated heterocycles. The topological polar surface area (TPSA) is 37.3 Å². The van der Waals surface area contributed by atoms with Gasteiger partial charge in [0, 0.05) is 5.56 Å². The molecule has 0 amide bonds. The fourth-order valence-electron chi connectivity index (χ4n) is 3.09. The molecule has 29 heavy (non-hydrogen) atoms. The number of hydrogen-bond acceptors (Lipinski definition) is 2. The van der Waals surface area contributed by atoms with Crippen molar-refractivity contribution in [1.82, 2.24) is 0 Å². The van der Waals surface area contributed by atoms with Gasteiger partial charge in [0.05, 0.1) is 5.56 Å². The number of aldehydes is 1. The van der Waals surface area contributed by atoms with Gasteiger partial charge < -0.3 is 5.11 Å². The average molecular weight is 422 g/mol. The number of aliphatic hydroxyl groups is 1. The van der Waals surface area contributed by atoms with Crippen molar-refractivity contribution in [2.75, 3.05) is 0 Å². The first-order valence-electron chi connectivity index (χ1n) is 8.41. The van der Waals surface area contributed by atoms with Crippen molar-refractivity contribution in [3.05, 3.63) is 58.4 Å². The van der Waals surface area contributed by atoms with Crippen molar-refractivity contribution in [2.45, 2.75) is 44.6 Å².